The fourth-order valence-electron chi connectivity index (χ4n) is 2.15. The Labute approximate surface area is 153 Å². The molecule has 1 aromatic heterocycles. The molecule has 0 saturated carbocycles. The second-order valence-corrected chi connectivity index (χ2v) is 6.02. The van der Waals surface area contributed by atoms with E-state index in [2.05, 4.69) is 15.6 Å². The molecule has 0 aliphatic rings. The molecule has 2 aromatic carbocycles. The number of benzene rings is 2. The van der Waals surface area contributed by atoms with Crippen LogP contribution < -0.4 is 10.6 Å². The third-order valence-electron chi connectivity index (χ3n) is 3.29. The van der Waals surface area contributed by atoms with Crippen molar-refractivity contribution in [2.75, 3.05) is 10.6 Å². The number of carbonyl (C=O) groups is 1. The Bertz CT molecular complexity index is 934. The third-order valence-corrected chi connectivity index (χ3v) is 3.84. The second-order valence-electron chi connectivity index (χ2n) is 5.18. The van der Waals surface area contributed by atoms with E-state index < -0.39 is 11.7 Å². The lowest BCUT2D eigenvalue weighted by Gasteiger charge is -2.10. The monoisotopic (exact) mass is 375 g/mol. The topological polar surface area (TPSA) is 54.0 Å². The molecule has 126 valence electrons. The van der Waals surface area contributed by atoms with Crippen LogP contribution in [0.4, 0.5) is 21.5 Å². The molecule has 0 aliphatic heterocycles. The molecule has 0 saturated heterocycles. The van der Waals surface area contributed by atoms with Gasteiger partial charge in [-0.3, -0.25) is 9.78 Å². The normalized spacial score (nSPS) is 10.4. The van der Waals surface area contributed by atoms with Crippen LogP contribution in [0.15, 0.2) is 60.9 Å². The lowest BCUT2D eigenvalue weighted by Crippen LogP contribution is -2.12. The van der Waals surface area contributed by atoms with Gasteiger partial charge in [0.15, 0.2) is 0 Å². The van der Waals surface area contributed by atoms with Crippen molar-refractivity contribution in [2.45, 2.75) is 0 Å². The second kappa shape index (κ2) is 7.51. The molecule has 2 N–H and O–H groups in total. The third kappa shape index (κ3) is 4.47. The maximum atomic E-state index is 13.2. The zero-order chi connectivity index (χ0) is 17.8. The Morgan fingerprint density at radius 2 is 1.84 bits per heavy atom. The lowest BCUT2D eigenvalue weighted by atomic mass is 10.2. The number of hydrogen-bond donors (Lipinski definition) is 2. The number of hydrogen-bond acceptors (Lipinski definition) is 3. The molecule has 25 heavy (non-hydrogen) atoms. The predicted molar refractivity (Wildman–Crippen MR) is 98.3 cm³/mol. The maximum Gasteiger partial charge on any atom is 0.257 e. The Kier molecular flexibility index (Phi) is 5.16. The summed E-state index contributed by atoms with van der Waals surface area (Å²) in [6.07, 6.45) is 2.98. The Balaban J connectivity index is 1.77. The average molecular weight is 376 g/mol. The van der Waals surface area contributed by atoms with E-state index in [1.165, 1.54) is 24.4 Å². The van der Waals surface area contributed by atoms with Crippen LogP contribution in [0.1, 0.15) is 10.4 Å². The van der Waals surface area contributed by atoms with Gasteiger partial charge in [0.1, 0.15) is 5.82 Å². The van der Waals surface area contributed by atoms with E-state index in [-0.39, 0.29) is 0 Å². The highest BCUT2D eigenvalue weighted by Gasteiger charge is 2.09. The van der Waals surface area contributed by atoms with Gasteiger partial charge in [-0.05, 0) is 42.5 Å². The maximum absolute atomic E-state index is 13.2. The number of amides is 1. The molecule has 0 fully saturated rings. The van der Waals surface area contributed by atoms with Crippen molar-refractivity contribution in [3.63, 3.8) is 0 Å². The van der Waals surface area contributed by atoms with Gasteiger partial charge < -0.3 is 10.6 Å². The quantitative estimate of drug-likeness (QED) is 0.630. The fourth-order valence-corrected chi connectivity index (χ4v) is 2.60. The summed E-state index contributed by atoms with van der Waals surface area (Å²) in [6, 6.07) is 12.3. The first kappa shape index (κ1) is 17.2. The highest BCUT2D eigenvalue weighted by Crippen LogP contribution is 2.28. The smallest absolute Gasteiger partial charge is 0.257 e. The zero-order valence-electron chi connectivity index (χ0n) is 12.8. The van der Waals surface area contributed by atoms with Gasteiger partial charge in [0.25, 0.3) is 5.91 Å². The summed E-state index contributed by atoms with van der Waals surface area (Å²) in [5.41, 5.74) is 1.90. The summed E-state index contributed by atoms with van der Waals surface area (Å²) in [7, 11) is 0. The van der Waals surface area contributed by atoms with E-state index in [9.17, 15) is 9.18 Å². The molecule has 0 bridgehead atoms. The van der Waals surface area contributed by atoms with Crippen molar-refractivity contribution in [3.05, 3.63) is 82.4 Å². The molecular formula is C18H12Cl2FN3O. The van der Waals surface area contributed by atoms with E-state index in [4.69, 9.17) is 23.2 Å². The van der Waals surface area contributed by atoms with Crippen LogP contribution in [-0.4, -0.2) is 10.9 Å². The molecule has 1 heterocycles. The Hall–Kier alpha value is -2.63. The Morgan fingerprint density at radius 3 is 2.60 bits per heavy atom. The summed E-state index contributed by atoms with van der Waals surface area (Å²) >= 11 is 12.0. The Morgan fingerprint density at radius 1 is 1.00 bits per heavy atom. The molecule has 7 heteroatoms. The van der Waals surface area contributed by atoms with Gasteiger partial charge in [-0.1, -0.05) is 29.3 Å². The van der Waals surface area contributed by atoms with Crippen LogP contribution in [0.25, 0.3) is 0 Å². The van der Waals surface area contributed by atoms with Crippen LogP contribution in [0.2, 0.25) is 10.0 Å². The molecule has 0 atom stereocenters. The predicted octanol–water partition coefficient (Wildman–Crippen LogP) is 5.52. The minimum Gasteiger partial charge on any atom is -0.353 e. The number of carbonyl (C=O) groups excluding carboxylic acids is 1. The summed E-state index contributed by atoms with van der Waals surface area (Å²) in [6.45, 7) is 0. The first-order valence-corrected chi connectivity index (χ1v) is 8.01. The van der Waals surface area contributed by atoms with Gasteiger partial charge in [-0.25, -0.2) is 4.39 Å². The SMILES string of the molecule is O=C(Nc1cccc(F)c1)c1cncc(Nc2ccc(Cl)cc2Cl)c1. The van der Waals surface area contributed by atoms with Crippen LogP contribution in [0.5, 0.6) is 0 Å². The molecule has 0 aliphatic carbocycles. The summed E-state index contributed by atoms with van der Waals surface area (Å²) in [5.74, 6) is -0.826. The van der Waals surface area contributed by atoms with Gasteiger partial charge in [0.05, 0.1) is 28.2 Å². The van der Waals surface area contributed by atoms with Gasteiger partial charge in [-0.15, -0.1) is 0 Å². The van der Waals surface area contributed by atoms with Gasteiger partial charge in [0.2, 0.25) is 0 Å². The molecule has 3 aromatic rings. The lowest BCUT2D eigenvalue weighted by molar-refractivity contribution is 0.102. The minimum atomic E-state index is -0.427. The number of pyridine rings is 1. The first-order valence-electron chi connectivity index (χ1n) is 7.25. The first-order chi connectivity index (χ1) is 12.0. The van der Waals surface area contributed by atoms with Crippen molar-refractivity contribution >= 4 is 46.2 Å². The van der Waals surface area contributed by atoms with Crippen molar-refractivity contribution in [1.29, 1.82) is 0 Å². The largest absolute Gasteiger partial charge is 0.353 e. The van der Waals surface area contributed by atoms with Gasteiger partial charge >= 0.3 is 0 Å². The minimum absolute atomic E-state index is 0.319. The number of rotatable bonds is 4. The summed E-state index contributed by atoms with van der Waals surface area (Å²) in [4.78, 5) is 16.3. The van der Waals surface area contributed by atoms with Crippen LogP contribution in [-0.2, 0) is 0 Å². The van der Waals surface area contributed by atoms with E-state index in [0.29, 0.717) is 32.7 Å². The molecule has 3 rings (SSSR count). The zero-order valence-corrected chi connectivity index (χ0v) is 14.3. The molecule has 0 spiro atoms. The van der Waals surface area contributed by atoms with Crippen LogP contribution in [0, 0.1) is 5.82 Å². The van der Waals surface area contributed by atoms with Crippen molar-refractivity contribution in [2.24, 2.45) is 0 Å². The number of nitrogens with one attached hydrogen (secondary N) is 2. The van der Waals surface area contributed by atoms with Gasteiger partial charge in [0, 0.05) is 16.9 Å². The molecule has 0 radical (unpaired) electrons. The molecular weight excluding hydrogens is 364 g/mol. The van der Waals surface area contributed by atoms with Crippen LogP contribution >= 0.6 is 23.2 Å². The number of nitrogens with zero attached hydrogens (tertiary/aromatic N) is 1. The number of halogens is 3. The summed E-state index contributed by atoms with van der Waals surface area (Å²) < 4.78 is 13.2. The fraction of sp³-hybridized carbons (Fsp3) is 0. The highest BCUT2D eigenvalue weighted by molar-refractivity contribution is 6.36. The molecule has 1 amide bonds. The van der Waals surface area contributed by atoms with Crippen LogP contribution in [0.3, 0.4) is 0 Å². The summed E-state index contributed by atoms with van der Waals surface area (Å²) in [5, 5.41) is 6.66. The van der Waals surface area contributed by atoms with Crippen molar-refractivity contribution in [1.82, 2.24) is 4.98 Å². The van der Waals surface area contributed by atoms with E-state index in [1.54, 1.807) is 36.5 Å². The van der Waals surface area contributed by atoms with Crippen molar-refractivity contribution < 1.29 is 9.18 Å². The average Bonchev–Trinajstić information content (AvgIpc) is 2.58. The molecule has 4 nitrogen and oxygen atoms in total. The molecule has 0 unspecified atom stereocenters. The number of anilines is 3. The van der Waals surface area contributed by atoms with Gasteiger partial charge in [-0.2, -0.15) is 0 Å². The van der Waals surface area contributed by atoms with E-state index in [0.717, 1.165) is 0 Å². The highest BCUT2D eigenvalue weighted by atomic mass is 35.5. The standard InChI is InChI=1S/C18H12Cl2FN3O/c19-12-4-5-17(16(20)7-12)23-15-6-11(9-22-10-15)18(25)24-14-3-1-2-13(21)8-14/h1-10,23H,(H,24,25). The van der Waals surface area contributed by atoms with E-state index >= 15 is 0 Å². The van der Waals surface area contributed by atoms with E-state index in [1.807, 2.05) is 0 Å². The number of aromatic nitrogens is 1. The van der Waals surface area contributed by atoms with Crippen molar-refractivity contribution in [3.8, 4) is 0 Å².